The van der Waals surface area contributed by atoms with Gasteiger partial charge in [-0.15, -0.1) is 0 Å². The number of anilines is 1. The fourth-order valence-corrected chi connectivity index (χ4v) is 2.87. The number of methoxy groups -OCH3 is 1. The molecule has 0 aliphatic heterocycles. The molecule has 0 spiro atoms. The molecule has 0 aliphatic carbocycles. The Bertz CT molecular complexity index is 813. The average molecular weight is 400 g/mol. The van der Waals surface area contributed by atoms with Gasteiger partial charge in [-0.3, -0.25) is 4.79 Å². The molecule has 1 amide bonds. The Morgan fingerprint density at radius 1 is 1.19 bits per heavy atom. The highest BCUT2D eigenvalue weighted by Gasteiger charge is 2.17. The lowest BCUT2D eigenvalue weighted by Gasteiger charge is -2.13. The maximum Gasteiger partial charge on any atom is 0.337 e. The van der Waals surface area contributed by atoms with E-state index in [1.54, 1.807) is 29.6 Å². The SMILES string of the molecule is COC(=O)c1ccc(NC(=O)C[NH2+][C@@H](C)c2cc(F)c(Cl)cc2Cl)cc1. The van der Waals surface area contributed by atoms with Crippen LogP contribution in [-0.2, 0) is 9.53 Å². The van der Waals surface area contributed by atoms with Gasteiger partial charge in [0.25, 0.3) is 5.91 Å². The first-order chi connectivity index (χ1) is 12.3. The van der Waals surface area contributed by atoms with Gasteiger partial charge in [0, 0.05) is 11.3 Å². The molecule has 5 nitrogen and oxygen atoms in total. The average Bonchev–Trinajstić information content (AvgIpc) is 2.62. The molecule has 0 aliphatic rings. The standard InChI is InChI=1S/C18H17Cl2FN2O3/c1-10(13-7-16(21)15(20)8-14(13)19)22-9-17(24)23-12-5-3-11(4-6-12)18(25)26-2/h3-8,10,22H,9H2,1-2H3,(H,23,24)/p+1/t10-/m0/s1. The second-order valence-corrected chi connectivity index (χ2v) is 6.45. The summed E-state index contributed by atoms with van der Waals surface area (Å²) in [5.74, 6) is -1.24. The van der Waals surface area contributed by atoms with E-state index in [1.807, 2.05) is 6.92 Å². The largest absolute Gasteiger partial charge is 0.465 e. The van der Waals surface area contributed by atoms with E-state index in [4.69, 9.17) is 23.2 Å². The van der Waals surface area contributed by atoms with Crippen molar-refractivity contribution in [3.8, 4) is 0 Å². The van der Waals surface area contributed by atoms with Crippen LogP contribution in [0.3, 0.4) is 0 Å². The number of esters is 1. The summed E-state index contributed by atoms with van der Waals surface area (Å²) < 4.78 is 18.2. The van der Waals surface area contributed by atoms with Crippen molar-refractivity contribution < 1.29 is 24.0 Å². The lowest BCUT2D eigenvalue weighted by atomic mass is 10.1. The Kier molecular flexibility index (Phi) is 6.97. The molecule has 0 fully saturated rings. The van der Waals surface area contributed by atoms with E-state index in [0.717, 1.165) is 0 Å². The molecule has 0 unspecified atom stereocenters. The van der Waals surface area contributed by atoms with Crippen molar-refractivity contribution in [3.05, 3.63) is 63.4 Å². The minimum atomic E-state index is -0.554. The summed E-state index contributed by atoms with van der Waals surface area (Å²) >= 11 is 11.8. The van der Waals surface area contributed by atoms with Gasteiger partial charge in [0.15, 0.2) is 6.54 Å². The van der Waals surface area contributed by atoms with Crippen LogP contribution in [0.1, 0.15) is 28.9 Å². The lowest BCUT2D eigenvalue weighted by molar-refractivity contribution is -0.682. The third-order valence-electron chi connectivity index (χ3n) is 3.78. The van der Waals surface area contributed by atoms with Crippen LogP contribution < -0.4 is 10.6 Å². The van der Waals surface area contributed by atoms with Crippen LogP contribution in [0, 0.1) is 5.82 Å². The van der Waals surface area contributed by atoms with Gasteiger partial charge in [-0.25, -0.2) is 9.18 Å². The topological polar surface area (TPSA) is 72.0 Å². The van der Waals surface area contributed by atoms with Crippen LogP contribution in [0.25, 0.3) is 0 Å². The predicted molar refractivity (Wildman–Crippen MR) is 98.0 cm³/mol. The zero-order valence-corrected chi connectivity index (χ0v) is 15.7. The molecule has 2 aromatic carbocycles. The third-order valence-corrected chi connectivity index (χ3v) is 4.39. The molecule has 2 rings (SSSR count). The van der Waals surface area contributed by atoms with E-state index < -0.39 is 11.8 Å². The number of nitrogens with one attached hydrogen (secondary N) is 1. The Morgan fingerprint density at radius 2 is 1.85 bits per heavy atom. The quantitative estimate of drug-likeness (QED) is 0.578. The van der Waals surface area contributed by atoms with Crippen molar-refractivity contribution in [3.63, 3.8) is 0 Å². The van der Waals surface area contributed by atoms with E-state index >= 15 is 0 Å². The number of hydrogen-bond acceptors (Lipinski definition) is 3. The number of rotatable bonds is 6. The highest BCUT2D eigenvalue weighted by Crippen LogP contribution is 2.27. The van der Waals surface area contributed by atoms with E-state index in [1.165, 1.54) is 19.2 Å². The monoisotopic (exact) mass is 399 g/mol. The number of carbonyl (C=O) groups is 2. The molecule has 3 N–H and O–H groups in total. The number of halogens is 3. The number of amides is 1. The molecule has 0 heterocycles. The maximum atomic E-state index is 13.6. The number of quaternary nitrogens is 1. The third kappa shape index (κ3) is 5.17. The minimum Gasteiger partial charge on any atom is -0.465 e. The van der Waals surface area contributed by atoms with Crippen molar-refractivity contribution in [2.75, 3.05) is 19.0 Å². The van der Waals surface area contributed by atoms with Crippen molar-refractivity contribution in [1.82, 2.24) is 0 Å². The second-order valence-electron chi connectivity index (χ2n) is 5.63. The van der Waals surface area contributed by atoms with Crippen LogP contribution in [0.15, 0.2) is 36.4 Å². The molecule has 0 radical (unpaired) electrons. The molecule has 0 saturated heterocycles. The van der Waals surface area contributed by atoms with Gasteiger partial charge in [0.2, 0.25) is 0 Å². The summed E-state index contributed by atoms with van der Waals surface area (Å²) in [5, 5.41) is 4.75. The fourth-order valence-electron chi connectivity index (χ4n) is 2.32. The zero-order chi connectivity index (χ0) is 19.3. The second kappa shape index (κ2) is 8.98. The number of carbonyl (C=O) groups excluding carboxylic acids is 2. The molecular weight excluding hydrogens is 382 g/mol. The molecule has 138 valence electrons. The van der Waals surface area contributed by atoms with Crippen LogP contribution >= 0.6 is 23.2 Å². The molecular formula is C18H18Cl2FN2O3+. The zero-order valence-electron chi connectivity index (χ0n) is 14.2. The summed E-state index contributed by atoms with van der Waals surface area (Å²) in [6.07, 6.45) is 0. The van der Waals surface area contributed by atoms with E-state index in [0.29, 0.717) is 21.8 Å². The number of benzene rings is 2. The van der Waals surface area contributed by atoms with E-state index in [2.05, 4.69) is 10.1 Å². The van der Waals surface area contributed by atoms with Crippen LogP contribution in [0.5, 0.6) is 0 Å². The van der Waals surface area contributed by atoms with Crippen molar-refractivity contribution in [2.24, 2.45) is 0 Å². The van der Waals surface area contributed by atoms with Crippen molar-refractivity contribution in [2.45, 2.75) is 13.0 Å². The van der Waals surface area contributed by atoms with Crippen molar-refractivity contribution >= 4 is 40.8 Å². The Balaban J connectivity index is 1.92. The molecule has 26 heavy (non-hydrogen) atoms. The minimum absolute atomic E-state index is 0.0425. The summed E-state index contributed by atoms with van der Waals surface area (Å²) in [6, 6.07) is 8.73. The lowest BCUT2D eigenvalue weighted by Crippen LogP contribution is -2.86. The summed E-state index contributed by atoms with van der Waals surface area (Å²) in [4.78, 5) is 23.4. The highest BCUT2D eigenvalue weighted by atomic mass is 35.5. The number of nitrogens with two attached hydrogens (primary N) is 1. The molecule has 2 aromatic rings. The smallest absolute Gasteiger partial charge is 0.337 e. The number of hydrogen-bond donors (Lipinski definition) is 2. The first-order valence-corrected chi connectivity index (χ1v) is 8.53. The normalized spacial score (nSPS) is 11.7. The Labute approximate surface area is 160 Å². The van der Waals surface area contributed by atoms with Gasteiger partial charge in [-0.2, -0.15) is 0 Å². The van der Waals surface area contributed by atoms with Gasteiger partial charge in [0.05, 0.1) is 22.7 Å². The Morgan fingerprint density at radius 3 is 2.46 bits per heavy atom. The fraction of sp³-hybridized carbons (Fsp3) is 0.222. The summed E-state index contributed by atoms with van der Waals surface area (Å²) in [6.45, 7) is 1.92. The van der Waals surface area contributed by atoms with E-state index in [9.17, 15) is 14.0 Å². The molecule has 0 saturated carbocycles. The van der Waals surface area contributed by atoms with Crippen LogP contribution in [-0.4, -0.2) is 25.5 Å². The number of ether oxygens (including phenoxy) is 1. The van der Waals surface area contributed by atoms with Gasteiger partial charge >= 0.3 is 5.97 Å². The molecule has 0 bridgehead atoms. The first kappa shape index (κ1) is 20.2. The van der Waals surface area contributed by atoms with Gasteiger partial charge in [-0.05, 0) is 43.3 Å². The molecule has 0 aromatic heterocycles. The van der Waals surface area contributed by atoms with Gasteiger partial charge in [0.1, 0.15) is 11.9 Å². The summed E-state index contributed by atoms with van der Waals surface area (Å²) in [7, 11) is 1.30. The van der Waals surface area contributed by atoms with Gasteiger partial charge < -0.3 is 15.4 Å². The van der Waals surface area contributed by atoms with Gasteiger partial charge in [-0.1, -0.05) is 23.2 Å². The maximum absolute atomic E-state index is 13.6. The first-order valence-electron chi connectivity index (χ1n) is 7.77. The summed E-state index contributed by atoms with van der Waals surface area (Å²) in [5.41, 5.74) is 1.51. The van der Waals surface area contributed by atoms with Crippen LogP contribution in [0.2, 0.25) is 10.0 Å². The molecule has 8 heteroatoms. The van der Waals surface area contributed by atoms with Crippen molar-refractivity contribution in [1.29, 1.82) is 0 Å². The van der Waals surface area contributed by atoms with Crippen LogP contribution in [0.4, 0.5) is 10.1 Å². The van der Waals surface area contributed by atoms with E-state index in [-0.39, 0.29) is 23.5 Å². The molecule has 1 atom stereocenters. The predicted octanol–water partition coefficient (Wildman–Crippen LogP) is 3.18. The Hall–Kier alpha value is -2.15. The highest BCUT2D eigenvalue weighted by molar-refractivity contribution is 6.35.